The van der Waals surface area contributed by atoms with Crippen LogP contribution in [0, 0.1) is 0 Å². The standard InChI is InChI=1S/C6H10N2O/c1-5-3-4-7-6(9)8(5)2/h3-5H,1-2H3,(H,7,9). The summed E-state index contributed by atoms with van der Waals surface area (Å²) in [6.45, 7) is 1.97. The van der Waals surface area contributed by atoms with Crippen LogP contribution in [0.15, 0.2) is 12.3 Å². The molecule has 3 nitrogen and oxygen atoms in total. The first-order valence-electron chi connectivity index (χ1n) is 2.92. The predicted molar refractivity (Wildman–Crippen MR) is 34.9 cm³/mol. The van der Waals surface area contributed by atoms with Crippen molar-refractivity contribution in [2.45, 2.75) is 13.0 Å². The normalized spacial score (nSPS) is 26.2. The zero-order valence-electron chi connectivity index (χ0n) is 5.59. The van der Waals surface area contributed by atoms with Crippen LogP contribution in [0.2, 0.25) is 0 Å². The molecular weight excluding hydrogens is 116 g/mol. The quantitative estimate of drug-likeness (QED) is 0.505. The number of nitrogens with one attached hydrogen (secondary N) is 1. The van der Waals surface area contributed by atoms with Crippen molar-refractivity contribution in [2.24, 2.45) is 0 Å². The number of rotatable bonds is 0. The van der Waals surface area contributed by atoms with Crippen LogP contribution in [0.25, 0.3) is 0 Å². The molecular formula is C6H10N2O. The maximum Gasteiger partial charge on any atom is 0.321 e. The summed E-state index contributed by atoms with van der Waals surface area (Å²) in [4.78, 5) is 12.4. The van der Waals surface area contributed by atoms with Crippen molar-refractivity contribution < 1.29 is 4.79 Å². The molecule has 0 radical (unpaired) electrons. The summed E-state index contributed by atoms with van der Waals surface area (Å²) in [5, 5.41) is 2.57. The predicted octanol–water partition coefficient (Wildman–Crippen LogP) is 0.544. The molecule has 0 aromatic carbocycles. The van der Waals surface area contributed by atoms with Crippen LogP contribution < -0.4 is 5.32 Å². The maximum absolute atomic E-state index is 10.8. The molecule has 1 N–H and O–H groups in total. The van der Waals surface area contributed by atoms with Gasteiger partial charge in [0.1, 0.15) is 0 Å². The van der Waals surface area contributed by atoms with Gasteiger partial charge in [-0.25, -0.2) is 4.79 Å². The van der Waals surface area contributed by atoms with Crippen molar-refractivity contribution in [3.8, 4) is 0 Å². The van der Waals surface area contributed by atoms with Gasteiger partial charge in [-0.05, 0) is 13.0 Å². The minimum Gasteiger partial charge on any atom is -0.321 e. The number of amides is 2. The van der Waals surface area contributed by atoms with Crippen LogP contribution in [0.1, 0.15) is 6.92 Å². The molecule has 50 valence electrons. The fourth-order valence-corrected chi connectivity index (χ4v) is 0.675. The number of hydrogen-bond donors (Lipinski definition) is 1. The number of hydrogen-bond acceptors (Lipinski definition) is 1. The second-order valence-corrected chi connectivity index (χ2v) is 2.16. The van der Waals surface area contributed by atoms with E-state index in [1.54, 1.807) is 18.1 Å². The highest BCUT2D eigenvalue weighted by atomic mass is 16.2. The molecule has 0 saturated carbocycles. The molecule has 0 fully saturated rings. The van der Waals surface area contributed by atoms with Gasteiger partial charge >= 0.3 is 6.03 Å². The highest BCUT2D eigenvalue weighted by Gasteiger charge is 2.14. The third-order valence-corrected chi connectivity index (χ3v) is 1.51. The molecule has 0 aromatic heterocycles. The monoisotopic (exact) mass is 126 g/mol. The summed E-state index contributed by atoms with van der Waals surface area (Å²) in [5.41, 5.74) is 0. The van der Waals surface area contributed by atoms with Crippen LogP contribution >= 0.6 is 0 Å². The Kier molecular flexibility index (Phi) is 1.42. The van der Waals surface area contributed by atoms with Gasteiger partial charge in [0, 0.05) is 13.2 Å². The highest BCUT2D eigenvalue weighted by Crippen LogP contribution is 2.00. The molecule has 1 aliphatic heterocycles. The van der Waals surface area contributed by atoms with Crippen molar-refractivity contribution in [2.75, 3.05) is 7.05 Å². The van der Waals surface area contributed by atoms with Crippen LogP contribution in [-0.4, -0.2) is 24.0 Å². The van der Waals surface area contributed by atoms with Crippen LogP contribution in [0.4, 0.5) is 4.79 Å². The zero-order valence-corrected chi connectivity index (χ0v) is 5.59. The molecule has 3 heteroatoms. The molecule has 1 unspecified atom stereocenters. The van der Waals surface area contributed by atoms with Crippen LogP contribution in [0.5, 0.6) is 0 Å². The molecule has 2 amide bonds. The first kappa shape index (κ1) is 6.13. The Bertz CT molecular complexity index is 153. The lowest BCUT2D eigenvalue weighted by Crippen LogP contribution is -2.42. The van der Waals surface area contributed by atoms with Gasteiger partial charge in [0.2, 0.25) is 0 Å². The van der Waals surface area contributed by atoms with E-state index in [0.717, 1.165) is 0 Å². The maximum atomic E-state index is 10.8. The smallest absolute Gasteiger partial charge is 0.321 e. The number of urea groups is 1. The van der Waals surface area contributed by atoms with Gasteiger partial charge in [-0.1, -0.05) is 0 Å². The molecule has 1 atom stereocenters. The zero-order chi connectivity index (χ0) is 6.85. The Labute approximate surface area is 54.3 Å². The topological polar surface area (TPSA) is 32.3 Å². The lowest BCUT2D eigenvalue weighted by molar-refractivity contribution is 0.202. The lowest BCUT2D eigenvalue weighted by Gasteiger charge is -2.25. The SMILES string of the molecule is CC1C=CNC(=O)N1C. The second kappa shape index (κ2) is 2.09. The van der Waals surface area contributed by atoms with E-state index in [9.17, 15) is 4.79 Å². The molecule has 1 rings (SSSR count). The van der Waals surface area contributed by atoms with Gasteiger partial charge in [-0.2, -0.15) is 0 Å². The third-order valence-electron chi connectivity index (χ3n) is 1.51. The number of likely N-dealkylation sites (N-methyl/N-ethyl adjacent to an activating group) is 1. The first-order valence-corrected chi connectivity index (χ1v) is 2.92. The molecule has 0 aromatic rings. The molecule has 0 saturated heterocycles. The second-order valence-electron chi connectivity index (χ2n) is 2.16. The Morgan fingerprint density at radius 1 is 1.78 bits per heavy atom. The van der Waals surface area contributed by atoms with E-state index >= 15 is 0 Å². The van der Waals surface area contributed by atoms with E-state index in [4.69, 9.17) is 0 Å². The summed E-state index contributed by atoms with van der Waals surface area (Å²) >= 11 is 0. The third kappa shape index (κ3) is 1.04. The van der Waals surface area contributed by atoms with Gasteiger partial charge in [0.05, 0.1) is 6.04 Å². The van der Waals surface area contributed by atoms with Crippen LogP contribution in [-0.2, 0) is 0 Å². The molecule has 0 spiro atoms. The summed E-state index contributed by atoms with van der Waals surface area (Å²) in [6.07, 6.45) is 3.61. The molecule has 9 heavy (non-hydrogen) atoms. The summed E-state index contributed by atoms with van der Waals surface area (Å²) in [7, 11) is 1.77. The number of carbonyl (C=O) groups excluding carboxylic acids is 1. The number of carbonyl (C=O) groups is 1. The van der Waals surface area contributed by atoms with Gasteiger partial charge in [0.25, 0.3) is 0 Å². The largest absolute Gasteiger partial charge is 0.321 e. The van der Waals surface area contributed by atoms with Crippen molar-refractivity contribution in [3.63, 3.8) is 0 Å². The average molecular weight is 126 g/mol. The Morgan fingerprint density at radius 3 is 2.89 bits per heavy atom. The molecule has 1 heterocycles. The fraction of sp³-hybridized carbons (Fsp3) is 0.500. The van der Waals surface area contributed by atoms with E-state index in [0.29, 0.717) is 0 Å². The molecule has 0 aliphatic carbocycles. The highest BCUT2D eigenvalue weighted by molar-refractivity contribution is 5.76. The Balaban J connectivity index is 2.69. The van der Waals surface area contributed by atoms with E-state index in [1.165, 1.54) is 0 Å². The minimum atomic E-state index is -0.0370. The van der Waals surface area contributed by atoms with Gasteiger partial charge in [-0.3, -0.25) is 0 Å². The first-order chi connectivity index (χ1) is 4.22. The molecule has 0 bridgehead atoms. The van der Waals surface area contributed by atoms with Gasteiger partial charge < -0.3 is 10.2 Å². The van der Waals surface area contributed by atoms with Gasteiger partial charge in [-0.15, -0.1) is 0 Å². The fourth-order valence-electron chi connectivity index (χ4n) is 0.675. The van der Waals surface area contributed by atoms with E-state index < -0.39 is 0 Å². The average Bonchev–Trinajstić information content (AvgIpc) is 1.83. The minimum absolute atomic E-state index is 0.0370. The van der Waals surface area contributed by atoms with Crippen molar-refractivity contribution in [3.05, 3.63) is 12.3 Å². The summed E-state index contributed by atoms with van der Waals surface area (Å²) in [6, 6.07) is 0.184. The van der Waals surface area contributed by atoms with Crippen LogP contribution in [0.3, 0.4) is 0 Å². The lowest BCUT2D eigenvalue weighted by atomic mass is 10.3. The summed E-state index contributed by atoms with van der Waals surface area (Å²) in [5.74, 6) is 0. The number of nitrogens with zero attached hydrogens (tertiary/aromatic N) is 1. The Hall–Kier alpha value is -0.990. The Morgan fingerprint density at radius 2 is 2.44 bits per heavy atom. The van der Waals surface area contributed by atoms with E-state index in [-0.39, 0.29) is 12.1 Å². The summed E-state index contributed by atoms with van der Waals surface area (Å²) < 4.78 is 0. The van der Waals surface area contributed by atoms with Crippen molar-refractivity contribution in [1.82, 2.24) is 10.2 Å². The van der Waals surface area contributed by atoms with Crippen molar-refractivity contribution >= 4 is 6.03 Å². The molecule has 1 aliphatic rings. The van der Waals surface area contributed by atoms with Crippen molar-refractivity contribution in [1.29, 1.82) is 0 Å². The van der Waals surface area contributed by atoms with Gasteiger partial charge in [0.15, 0.2) is 0 Å². The van der Waals surface area contributed by atoms with E-state index in [1.807, 2.05) is 13.0 Å². The van der Waals surface area contributed by atoms with E-state index in [2.05, 4.69) is 5.32 Å².